The number of carboxylic acid groups (broad SMARTS) is 1. The lowest BCUT2D eigenvalue weighted by Gasteiger charge is -2.05. The fourth-order valence-electron chi connectivity index (χ4n) is 0.410. The molecule has 0 fully saturated rings. The molecule has 0 aliphatic rings. The van der Waals surface area contributed by atoms with E-state index < -0.39 is 24.6 Å². The molecule has 6 nitrogen and oxygen atoms in total. The van der Waals surface area contributed by atoms with Crippen molar-refractivity contribution in [1.82, 2.24) is 0 Å². The molecule has 0 aliphatic carbocycles. The standard InChI is InChI=1S/C6H10O6/c7-3-4(8)6(11)12-2-1-5(9)10/h4,7-8H,1-3H2,(H,9,10). The highest BCUT2D eigenvalue weighted by Crippen LogP contribution is 1.89. The summed E-state index contributed by atoms with van der Waals surface area (Å²) in [5.74, 6) is -2.11. The number of carbonyl (C=O) groups excluding carboxylic acids is 1. The molecule has 1 unspecified atom stereocenters. The van der Waals surface area contributed by atoms with Crippen LogP contribution >= 0.6 is 0 Å². The molecule has 12 heavy (non-hydrogen) atoms. The van der Waals surface area contributed by atoms with Crippen LogP contribution in [0.25, 0.3) is 0 Å². The van der Waals surface area contributed by atoms with Crippen LogP contribution in [0.2, 0.25) is 0 Å². The molecule has 0 saturated heterocycles. The summed E-state index contributed by atoms with van der Waals surface area (Å²) in [6.45, 7) is -1.03. The van der Waals surface area contributed by atoms with E-state index in [9.17, 15) is 9.59 Å². The van der Waals surface area contributed by atoms with Crippen molar-refractivity contribution in [3.63, 3.8) is 0 Å². The molecule has 0 saturated carbocycles. The van der Waals surface area contributed by atoms with Gasteiger partial charge in [-0.1, -0.05) is 0 Å². The van der Waals surface area contributed by atoms with Crippen molar-refractivity contribution < 1.29 is 29.6 Å². The quantitative estimate of drug-likeness (QED) is 0.436. The predicted molar refractivity (Wildman–Crippen MR) is 36.3 cm³/mol. The van der Waals surface area contributed by atoms with E-state index in [1.165, 1.54) is 0 Å². The van der Waals surface area contributed by atoms with Gasteiger partial charge in [-0.25, -0.2) is 4.79 Å². The highest BCUT2D eigenvalue weighted by molar-refractivity contribution is 5.75. The zero-order valence-electron chi connectivity index (χ0n) is 6.27. The Morgan fingerprint density at radius 3 is 2.42 bits per heavy atom. The van der Waals surface area contributed by atoms with E-state index in [-0.39, 0.29) is 13.0 Å². The normalized spacial score (nSPS) is 12.2. The molecule has 0 heterocycles. The van der Waals surface area contributed by atoms with Gasteiger partial charge in [0.25, 0.3) is 0 Å². The van der Waals surface area contributed by atoms with Crippen LogP contribution in [-0.2, 0) is 14.3 Å². The Morgan fingerprint density at radius 1 is 1.42 bits per heavy atom. The first-order valence-electron chi connectivity index (χ1n) is 3.25. The summed E-state index contributed by atoms with van der Waals surface area (Å²) in [5.41, 5.74) is 0. The first kappa shape index (κ1) is 10.9. The largest absolute Gasteiger partial charge is 0.481 e. The number of aliphatic hydroxyl groups excluding tert-OH is 2. The Kier molecular flexibility index (Phi) is 4.98. The number of hydrogen-bond acceptors (Lipinski definition) is 5. The molecule has 1 atom stereocenters. The van der Waals surface area contributed by atoms with Gasteiger partial charge in [0.15, 0.2) is 6.10 Å². The topological polar surface area (TPSA) is 104 Å². The van der Waals surface area contributed by atoms with Crippen LogP contribution in [0.15, 0.2) is 0 Å². The van der Waals surface area contributed by atoms with Crippen molar-refractivity contribution in [3.8, 4) is 0 Å². The van der Waals surface area contributed by atoms with Gasteiger partial charge in [0.2, 0.25) is 0 Å². The molecule has 0 aromatic heterocycles. The molecule has 70 valence electrons. The summed E-state index contributed by atoms with van der Waals surface area (Å²) in [4.78, 5) is 20.4. The van der Waals surface area contributed by atoms with Crippen molar-refractivity contribution in [2.45, 2.75) is 12.5 Å². The van der Waals surface area contributed by atoms with Crippen molar-refractivity contribution >= 4 is 11.9 Å². The van der Waals surface area contributed by atoms with Gasteiger partial charge in [-0.15, -0.1) is 0 Å². The molecule has 0 spiro atoms. The second-order valence-corrected chi connectivity index (χ2v) is 2.01. The van der Waals surface area contributed by atoms with Gasteiger partial charge in [0, 0.05) is 0 Å². The van der Waals surface area contributed by atoms with Gasteiger partial charge in [-0.2, -0.15) is 0 Å². The van der Waals surface area contributed by atoms with Gasteiger partial charge in [-0.05, 0) is 0 Å². The Bertz CT molecular complexity index is 165. The maximum absolute atomic E-state index is 10.5. The van der Waals surface area contributed by atoms with Crippen LogP contribution < -0.4 is 0 Å². The number of aliphatic carboxylic acids is 1. The third kappa shape index (κ3) is 4.64. The average molecular weight is 178 g/mol. The van der Waals surface area contributed by atoms with Gasteiger partial charge in [0.1, 0.15) is 6.61 Å². The molecule has 0 bridgehead atoms. The maximum atomic E-state index is 10.5. The molecule has 0 amide bonds. The van der Waals surface area contributed by atoms with Crippen LogP contribution in [0.4, 0.5) is 0 Å². The monoisotopic (exact) mass is 178 g/mol. The predicted octanol–water partition coefficient (Wildman–Crippen LogP) is -1.64. The van der Waals surface area contributed by atoms with E-state index >= 15 is 0 Å². The third-order valence-corrected chi connectivity index (χ3v) is 1.01. The molecule has 6 heteroatoms. The van der Waals surface area contributed by atoms with E-state index in [2.05, 4.69) is 4.74 Å². The fraction of sp³-hybridized carbons (Fsp3) is 0.667. The number of rotatable bonds is 5. The summed E-state index contributed by atoms with van der Waals surface area (Å²) < 4.78 is 4.28. The average Bonchev–Trinajstić information content (AvgIpc) is 2.02. The lowest BCUT2D eigenvalue weighted by Crippen LogP contribution is -2.27. The molecule has 0 aromatic carbocycles. The van der Waals surface area contributed by atoms with E-state index in [4.69, 9.17) is 15.3 Å². The second-order valence-electron chi connectivity index (χ2n) is 2.01. The number of aliphatic hydroxyl groups is 2. The van der Waals surface area contributed by atoms with Crippen LogP contribution in [0.5, 0.6) is 0 Å². The van der Waals surface area contributed by atoms with Crippen molar-refractivity contribution in [2.24, 2.45) is 0 Å². The number of esters is 1. The summed E-state index contributed by atoms with van der Waals surface area (Å²) in [6, 6.07) is 0. The summed E-state index contributed by atoms with van der Waals surface area (Å²) in [7, 11) is 0. The van der Waals surface area contributed by atoms with Gasteiger partial charge < -0.3 is 20.1 Å². The van der Waals surface area contributed by atoms with Crippen LogP contribution in [-0.4, -0.2) is 46.6 Å². The van der Waals surface area contributed by atoms with Crippen molar-refractivity contribution in [1.29, 1.82) is 0 Å². The molecule has 0 aliphatic heterocycles. The molecule has 0 radical (unpaired) electrons. The summed E-state index contributed by atoms with van der Waals surface area (Å²) in [6.07, 6.45) is -1.90. The highest BCUT2D eigenvalue weighted by atomic mass is 16.5. The molecule has 0 aromatic rings. The molecule has 3 N–H and O–H groups in total. The SMILES string of the molecule is O=C(O)CCOC(=O)C(O)CO. The maximum Gasteiger partial charge on any atom is 0.337 e. The Hall–Kier alpha value is -1.14. The first-order valence-corrected chi connectivity index (χ1v) is 3.25. The van der Waals surface area contributed by atoms with E-state index in [1.54, 1.807) is 0 Å². The minimum Gasteiger partial charge on any atom is -0.481 e. The molecule has 0 rings (SSSR count). The third-order valence-electron chi connectivity index (χ3n) is 1.01. The fourth-order valence-corrected chi connectivity index (χ4v) is 0.410. The van der Waals surface area contributed by atoms with Crippen LogP contribution in [0, 0.1) is 0 Å². The number of carbonyl (C=O) groups is 2. The molecular formula is C6H10O6. The van der Waals surface area contributed by atoms with Crippen LogP contribution in [0.3, 0.4) is 0 Å². The lowest BCUT2D eigenvalue weighted by atomic mass is 10.4. The lowest BCUT2D eigenvalue weighted by molar-refractivity contribution is -0.156. The highest BCUT2D eigenvalue weighted by Gasteiger charge is 2.14. The zero-order valence-corrected chi connectivity index (χ0v) is 6.27. The smallest absolute Gasteiger partial charge is 0.337 e. The Balaban J connectivity index is 3.50. The van der Waals surface area contributed by atoms with Gasteiger partial charge in [-0.3, -0.25) is 4.79 Å². The Labute approximate surface area is 68.4 Å². The number of hydrogen-bond donors (Lipinski definition) is 3. The first-order chi connectivity index (χ1) is 5.57. The second kappa shape index (κ2) is 5.50. The van der Waals surface area contributed by atoms with E-state index in [1.807, 2.05) is 0 Å². The number of carboxylic acids is 1. The summed E-state index contributed by atoms with van der Waals surface area (Å²) in [5, 5.41) is 25.0. The Morgan fingerprint density at radius 2 is 2.00 bits per heavy atom. The molecular weight excluding hydrogens is 168 g/mol. The summed E-state index contributed by atoms with van der Waals surface area (Å²) >= 11 is 0. The van der Waals surface area contributed by atoms with Gasteiger partial charge >= 0.3 is 11.9 Å². The van der Waals surface area contributed by atoms with E-state index in [0.717, 1.165) is 0 Å². The van der Waals surface area contributed by atoms with E-state index in [0.29, 0.717) is 0 Å². The minimum atomic E-state index is -1.58. The minimum absolute atomic E-state index is 0.300. The van der Waals surface area contributed by atoms with Crippen molar-refractivity contribution in [3.05, 3.63) is 0 Å². The van der Waals surface area contributed by atoms with Crippen LogP contribution in [0.1, 0.15) is 6.42 Å². The van der Waals surface area contributed by atoms with Crippen molar-refractivity contribution in [2.75, 3.05) is 13.2 Å². The number of ether oxygens (including phenoxy) is 1. The zero-order chi connectivity index (χ0) is 9.56. The van der Waals surface area contributed by atoms with Gasteiger partial charge in [0.05, 0.1) is 13.0 Å².